The lowest BCUT2D eigenvalue weighted by molar-refractivity contribution is 0.0758. The van der Waals surface area contributed by atoms with Crippen LogP contribution in [0.3, 0.4) is 0 Å². The minimum absolute atomic E-state index is 0.562. The summed E-state index contributed by atoms with van der Waals surface area (Å²) in [6.45, 7) is 11.3. The van der Waals surface area contributed by atoms with Gasteiger partial charge in [0.1, 0.15) is 0 Å². The first-order chi connectivity index (χ1) is 10.2. The lowest BCUT2D eigenvalue weighted by Crippen LogP contribution is -2.47. The van der Waals surface area contributed by atoms with Gasteiger partial charge in [0.05, 0.1) is 0 Å². The Bertz CT molecular complexity index is 271. The normalized spacial score (nSPS) is 32.6. The average Bonchev–Trinajstić information content (AvgIpc) is 2.42. The largest absolute Gasteiger partial charge is 0.316 e. The highest BCUT2D eigenvalue weighted by Crippen LogP contribution is 2.40. The molecule has 2 nitrogen and oxygen atoms in total. The summed E-state index contributed by atoms with van der Waals surface area (Å²) in [5.41, 5.74) is 0.562. The zero-order valence-corrected chi connectivity index (χ0v) is 14.6. The van der Waals surface area contributed by atoms with Crippen LogP contribution in [0.25, 0.3) is 0 Å². The van der Waals surface area contributed by atoms with Crippen molar-refractivity contribution < 1.29 is 0 Å². The van der Waals surface area contributed by atoms with Crippen LogP contribution < -0.4 is 5.32 Å². The van der Waals surface area contributed by atoms with E-state index in [1.807, 2.05) is 0 Å². The van der Waals surface area contributed by atoms with Gasteiger partial charge in [-0.2, -0.15) is 0 Å². The van der Waals surface area contributed by atoms with E-state index in [-0.39, 0.29) is 0 Å². The molecule has 0 aromatic carbocycles. The Labute approximate surface area is 133 Å². The van der Waals surface area contributed by atoms with E-state index in [1.54, 1.807) is 0 Å². The zero-order chi connectivity index (χ0) is 15.0. The average molecular weight is 295 g/mol. The molecule has 0 amide bonds. The summed E-state index contributed by atoms with van der Waals surface area (Å²) in [7, 11) is 0. The Kier molecular flexibility index (Phi) is 7.53. The Morgan fingerprint density at radius 3 is 2.43 bits per heavy atom. The van der Waals surface area contributed by atoms with Crippen molar-refractivity contribution in [3.63, 3.8) is 0 Å². The quantitative estimate of drug-likeness (QED) is 0.728. The number of rotatable bonds is 6. The minimum Gasteiger partial charge on any atom is -0.316 e. The van der Waals surface area contributed by atoms with Crippen LogP contribution >= 0.6 is 0 Å². The van der Waals surface area contributed by atoms with Crippen LogP contribution in [0.15, 0.2) is 0 Å². The van der Waals surface area contributed by atoms with Crippen molar-refractivity contribution in [1.82, 2.24) is 10.2 Å². The van der Waals surface area contributed by atoms with Gasteiger partial charge >= 0.3 is 0 Å². The molecule has 0 aromatic rings. The van der Waals surface area contributed by atoms with E-state index in [0.29, 0.717) is 5.41 Å². The van der Waals surface area contributed by atoms with Gasteiger partial charge in [0.15, 0.2) is 0 Å². The number of hydrogen-bond donors (Lipinski definition) is 1. The maximum absolute atomic E-state index is 3.76. The van der Waals surface area contributed by atoms with Gasteiger partial charge in [0.2, 0.25) is 0 Å². The third-order valence-electron chi connectivity index (χ3n) is 5.62. The molecule has 2 unspecified atom stereocenters. The van der Waals surface area contributed by atoms with E-state index in [2.05, 4.69) is 24.1 Å². The summed E-state index contributed by atoms with van der Waals surface area (Å²) in [6.07, 6.45) is 14.3. The third kappa shape index (κ3) is 5.90. The molecule has 1 saturated heterocycles. The van der Waals surface area contributed by atoms with Crippen LogP contribution in [-0.4, -0.2) is 37.6 Å². The van der Waals surface area contributed by atoms with Gasteiger partial charge in [0.25, 0.3) is 0 Å². The molecule has 0 spiro atoms. The van der Waals surface area contributed by atoms with Crippen molar-refractivity contribution in [2.24, 2.45) is 11.3 Å². The summed E-state index contributed by atoms with van der Waals surface area (Å²) in [6, 6.07) is 0. The van der Waals surface area contributed by atoms with Gasteiger partial charge in [-0.25, -0.2) is 0 Å². The molecular weight excluding hydrogens is 256 g/mol. The van der Waals surface area contributed by atoms with Crippen LogP contribution in [-0.2, 0) is 0 Å². The molecule has 1 heterocycles. The standard InChI is InChI=1S/C19H38N2/c1-3-12-20-16-19(11-9-10-18(2)15-19)17-21-13-7-5-4-6-8-14-21/h18,20H,3-17H2,1-2H3. The van der Waals surface area contributed by atoms with Gasteiger partial charge in [-0.3, -0.25) is 0 Å². The smallest absolute Gasteiger partial charge is 0.00502 e. The molecule has 0 bridgehead atoms. The van der Waals surface area contributed by atoms with E-state index in [0.717, 1.165) is 5.92 Å². The zero-order valence-electron chi connectivity index (χ0n) is 14.6. The first-order valence-electron chi connectivity index (χ1n) is 9.67. The molecule has 2 fully saturated rings. The number of likely N-dealkylation sites (tertiary alicyclic amines) is 1. The summed E-state index contributed by atoms with van der Waals surface area (Å²) < 4.78 is 0. The first-order valence-corrected chi connectivity index (χ1v) is 9.67. The van der Waals surface area contributed by atoms with Gasteiger partial charge in [-0.1, -0.05) is 46.0 Å². The molecule has 1 aliphatic heterocycles. The number of nitrogens with zero attached hydrogens (tertiary/aromatic N) is 1. The molecule has 1 saturated carbocycles. The Balaban J connectivity index is 1.92. The topological polar surface area (TPSA) is 15.3 Å². The van der Waals surface area contributed by atoms with Crippen LogP contribution in [0.5, 0.6) is 0 Å². The predicted octanol–water partition coefficient (Wildman–Crippen LogP) is 4.45. The highest BCUT2D eigenvalue weighted by Gasteiger charge is 2.36. The second-order valence-electron chi connectivity index (χ2n) is 7.92. The molecule has 0 aromatic heterocycles. The Morgan fingerprint density at radius 2 is 1.76 bits per heavy atom. The van der Waals surface area contributed by atoms with Gasteiger partial charge in [-0.15, -0.1) is 0 Å². The summed E-state index contributed by atoms with van der Waals surface area (Å²) in [5, 5.41) is 3.76. The maximum Gasteiger partial charge on any atom is 0.00502 e. The van der Waals surface area contributed by atoms with Gasteiger partial charge < -0.3 is 10.2 Å². The molecule has 124 valence electrons. The highest BCUT2D eigenvalue weighted by molar-refractivity contribution is 4.90. The Morgan fingerprint density at radius 1 is 1.05 bits per heavy atom. The van der Waals surface area contributed by atoms with Crippen molar-refractivity contribution in [3.8, 4) is 0 Å². The van der Waals surface area contributed by atoms with E-state index in [4.69, 9.17) is 0 Å². The summed E-state index contributed by atoms with van der Waals surface area (Å²) in [4.78, 5) is 2.81. The molecular formula is C19H38N2. The van der Waals surface area contributed by atoms with E-state index in [9.17, 15) is 0 Å². The fraction of sp³-hybridized carbons (Fsp3) is 1.00. The molecule has 1 aliphatic carbocycles. The fourth-order valence-corrected chi connectivity index (χ4v) is 4.60. The van der Waals surface area contributed by atoms with Crippen LogP contribution in [0, 0.1) is 11.3 Å². The van der Waals surface area contributed by atoms with E-state index < -0.39 is 0 Å². The van der Waals surface area contributed by atoms with Crippen LogP contribution in [0.1, 0.15) is 78.1 Å². The second-order valence-corrected chi connectivity index (χ2v) is 7.92. The SMILES string of the molecule is CCCNCC1(CN2CCCCCCC2)CCCC(C)C1. The molecule has 2 rings (SSSR count). The van der Waals surface area contributed by atoms with Crippen molar-refractivity contribution in [3.05, 3.63) is 0 Å². The van der Waals surface area contributed by atoms with Crippen LogP contribution in [0.4, 0.5) is 0 Å². The summed E-state index contributed by atoms with van der Waals surface area (Å²) >= 11 is 0. The monoisotopic (exact) mass is 294 g/mol. The second kappa shape index (κ2) is 9.15. The molecule has 1 N–H and O–H groups in total. The highest BCUT2D eigenvalue weighted by atomic mass is 15.1. The number of hydrogen-bond acceptors (Lipinski definition) is 2. The fourth-order valence-electron chi connectivity index (χ4n) is 4.60. The summed E-state index contributed by atoms with van der Waals surface area (Å²) in [5.74, 6) is 0.928. The van der Waals surface area contributed by atoms with E-state index in [1.165, 1.54) is 96.9 Å². The van der Waals surface area contributed by atoms with Gasteiger partial charge in [0, 0.05) is 13.1 Å². The minimum atomic E-state index is 0.562. The maximum atomic E-state index is 3.76. The van der Waals surface area contributed by atoms with Crippen molar-refractivity contribution >= 4 is 0 Å². The van der Waals surface area contributed by atoms with Crippen molar-refractivity contribution in [2.45, 2.75) is 78.1 Å². The Hall–Kier alpha value is -0.0800. The first kappa shape index (κ1) is 17.3. The van der Waals surface area contributed by atoms with E-state index >= 15 is 0 Å². The molecule has 2 heteroatoms. The van der Waals surface area contributed by atoms with Crippen molar-refractivity contribution in [2.75, 3.05) is 32.7 Å². The lowest BCUT2D eigenvalue weighted by atomic mass is 9.69. The van der Waals surface area contributed by atoms with Crippen LogP contribution in [0.2, 0.25) is 0 Å². The molecule has 2 atom stereocenters. The molecule has 21 heavy (non-hydrogen) atoms. The molecule has 2 aliphatic rings. The van der Waals surface area contributed by atoms with Crippen molar-refractivity contribution in [1.29, 1.82) is 0 Å². The predicted molar refractivity (Wildman–Crippen MR) is 92.8 cm³/mol. The molecule has 0 radical (unpaired) electrons. The number of nitrogens with one attached hydrogen (secondary N) is 1. The van der Waals surface area contributed by atoms with Gasteiger partial charge in [-0.05, 0) is 63.1 Å². The third-order valence-corrected chi connectivity index (χ3v) is 5.62. The lowest BCUT2D eigenvalue weighted by Gasteiger charge is -2.44.